The molecule has 0 saturated heterocycles. The van der Waals surface area contributed by atoms with Crippen LogP contribution in [0.15, 0.2) is 42.5 Å². The first-order chi connectivity index (χ1) is 13.6. The van der Waals surface area contributed by atoms with Gasteiger partial charge in [-0.25, -0.2) is 0 Å². The van der Waals surface area contributed by atoms with E-state index in [1.807, 2.05) is 6.07 Å². The van der Waals surface area contributed by atoms with Gasteiger partial charge in [0, 0.05) is 18.4 Å². The highest BCUT2D eigenvalue weighted by molar-refractivity contribution is 5.76. The fraction of sp³-hybridized carbons (Fsp3) is 0.409. The molecule has 7 heteroatoms. The highest BCUT2D eigenvalue weighted by atomic mass is 19.4. The van der Waals surface area contributed by atoms with Crippen LogP contribution < -0.4 is 14.8 Å². The molecule has 0 bridgehead atoms. The smallest absolute Gasteiger partial charge is 0.416 e. The van der Waals surface area contributed by atoms with E-state index >= 15 is 0 Å². The van der Waals surface area contributed by atoms with Crippen LogP contribution in [0.3, 0.4) is 0 Å². The van der Waals surface area contributed by atoms with Gasteiger partial charge in [-0.05, 0) is 41.8 Å². The molecule has 0 saturated carbocycles. The van der Waals surface area contributed by atoms with Gasteiger partial charge in [-0.15, -0.1) is 0 Å². The lowest BCUT2D eigenvalue weighted by molar-refractivity contribution is -0.137. The lowest BCUT2D eigenvalue weighted by atomic mass is 9.83. The molecule has 0 aliphatic carbocycles. The van der Waals surface area contributed by atoms with Crippen LogP contribution in [-0.4, -0.2) is 26.7 Å². The molecule has 29 heavy (non-hydrogen) atoms. The first-order valence-electron chi connectivity index (χ1n) is 9.22. The zero-order chi connectivity index (χ0) is 21.7. The second kappa shape index (κ2) is 9.20. The van der Waals surface area contributed by atoms with Crippen LogP contribution in [0.4, 0.5) is 13.2 Å². The second-order valence-electron chi connectivity index (χ2n) is 7.42. The van der Waals surface area contributed by atoms with Gasteiger partial charge in [0.05, 0.1) is 19.8 Å². The van der Waals surface area contributed by atoms with E-state index < -0.39 is 17.2 Å². The molecule has 0 unspecified atom stereocenters. The minimum atomic E-state index is -4.40. The average molecular weight is 409 g/mol. The van der Waals surface area contributed by atoms with Crippen molar-refractivity contribution in [1.29, 1.82) is 0 Å². The van der Waals surface area contributed by atoms with Gasteiger partial charge in [-0.2, -0.15) is 13.2 Å². The van der Waals surface area contributed by atoms with E-state index in [1.165, 1.54) is 6.07 Å². The molecule has 0 radical (unpaired) electrons. The Labute approximate surface area is 169 Å². The molecule has 1 N–H and O–H groups in total. The van der Waals surface area contributed by atoms with Gasteiger partial charge in [0.2, 0.25) is 5.91 Å². The van der Waals surface area contributed by atoms with Crippen molar-refractivity contribution >= 4 is 5.91 Å². The quantitative estimate of drug-likeness (QED) is 0.685. The summed E-state index contributed by atoms with van der Waals surface area (Å²) in [7, 11) is 3.12. The van der Waals surface area contributed by atoms with Crippen LogP contribution >= 0.6 is 0 Å². The molecule has 1 amide bonds. The van der Waals surface area contributed by atoms with Crippen LogP contribution in [0.2, 0.25) is 0 Å². The molecule has 0 aliphatic heterocycles. The van der Waals surface area contributed by atoms with Crippen molar-refractivity contribution in [3.05, 3.63) is 59.2 Å². The Kier molecular flexibility index (Phi) is 7.16. The molecule has 0 aliphatic rings. The Morgan fingerprint density at radius 3 is 2.31 bits per heavy atom. The summed E-state index contributed by atoms with van der Waals surface area (Å²) < 4.78 is 49.4. The highest BCUT2D eigenvalue weighted by Crippen LogP contribution is 2.32. The zero-order valence-corrected chi connectivity index (χ0v) is 17.0. The van der Waals surface area contributed by atoms with E-state index in [9.17, 15) is 18.0 Å². The molecule has 158 valence electrons. The maximum atomic E-state index is 13.0. The molecule has 2 aromatic carbocycles. The largest absolute Gasteiger partial charge is 0.497 e. The zero-order valence-electron chi connectivity index (χ0n) is 17.0. The molecule has 2 aromatic rings. The molecule has 4 nitrogen and oxygen atoms in total. The number of rotatable bonds is 8. The average Bonchev–Trinajstić information content (AvgIpc) is 2.70. The number of methoxy groups -OCH3 is 2. The topological polar surface area (TPSA) is 47.6 Å². The summed E-state index contributed by atoms with van der Waals surface area (Å²) in [5, 5.41) is 2.82. The Bertz CT molecular complexity index is 847. The molecule has 0 atom stereocenters. The summed E-state index contributed by atoms with van der Waals surface area (Å²) in [6.07, 6.45) is -3.72. The van der Waals surface area contributed by atoms with E-state index in [-0.39, 0.29) is 18.9 Å². The van der Waals surface area contributed by atoms with Crippen molar-refractivity contribution in [1.82, 2.24) is 5.32 Å². The van der Waals surface area contributed by atoms with Gasteiger partial charge in [0.25, 0.3) is 0 Å². The monoisotopic (exact) mass is 409 g/mol. The standard InChI is InChI=1S/C22H26F3NO3/c1-21(2,16-6-5-7-17(13-16)22(23,24)25)14-26-20(27)11-8-15-12-18(28-3)9-10-19(15)29-4/h5-7,9-10,12-13H,8,11,14H2,1-4H3,(H,26,27). The number of nitrogens with one attached hydrogen (secondary N) is 1. The summed E-state index contributed by atoms with van der Waals surface area (Å²) in [6.45, 7) is 3.82. The van der Waals surface area contributed by atoms with E-state index in [1.54, 1.807) is 46.3 Å². The summed E-state index contributed by atoms with van der Waals surface area (Å²) >= 11 is 0. The summed E-state index contributed by atoms with van der Waals surface area (Å²) in [6, 6.07) is 10.6. The number of hydrogen-bond acceptors (Lipinski definition) is 3. The molecule has 0 spiro atoms. The second-order valence-corrected chi connectivity index (χ2v) is 7.42. The first-order valence-corrected chi connectivity index (χ1v) is 9.22. The van der Waals surface area contributed by atoms with E-state index in [0.29, 0.717) is 23.5 Å². The maximum absolute atomic E-state index is 13.0. The third-order valence-corrected chi connectivity index (χ3v) is 4.81. The highest BCUT2D eigenvalue weighted by Gasteiger charge is 2.32. The van der Waals surface area contributed by atoms with Crippen molar-refractivity contribution in [3.8, 4) is 11.5 Å². The fourth-order valence-electron chi connectivity index (χ4n) is 2.95. The molecule has 0 fully saturated rings. The van der Waals surface area contributed by atoms with Gasteiger partial charge in [-0.3, -0.25) is 4.79 Å². The summed E-state index contributed by atoms with van der Waals surface area (Å²) in [5.41, 5.74) is 0.0191. The number of benzene rings is 2. The third kappa shape index (κ3) is 6.14. The van der Waals surface area contributed by atoms with E-state index in [0.717, 1.165) is 17.7 Å². The lowest BCUT2D eigenvalue weighted by Crippen LogP contribution is -2.37. The predicted octanol–water partition coefficient (Wildman–Crippen LogP) is 4.75. The first kappa shape index (κ1) is 22.6. The molecule has 2 rings (SSSR count). The molecule has 0 aromatic heterocycles. The van der Waals surface area contributed by atoms with Gasteiger partial charge in [-0.1, -0.05) is 32.0 Å². The van der Waals surface area contributed by atoms with Crippen molar-refractivity contribution in [3.63, 3.8) is 0 Å². The van der Waals surface area contributed by atoms with Crippen molar-refractivity contribution in [2.24, 2.45) is 0 Å². The number of aryl methyl sites for hydroxylation is 1. The Balaban J connectivity index is 1.98. The Morgan fingerprint density at radius 2 is 1.69 bits per heavy atom. The lowest BCUT2D eigenvalue weighted by Gasteiger charge is -2.26. The molecular weight excluding hydrogens is 383 g/mol. The number of carbonyl (C=O) groups excluding carboxylic acids is 1. The van der Waals surface area contributed by atoms with Crippen LogP contribution in [0.25, 0.3) is 0 Å². The summed E-state index contributed by atoms with van der Waals surface area (Å²) in [4.78, 5) is 12.3. The number of amides is 1. The van der Waals surface area contributed by atoms with Crippen LogP contribution in [0.5, 0.6) is 11.5 Å². The van der Waals surface area contributed by atoms with Gasteiger partial charge < -0.3 is 14.8 Å². The van der Waals surface area contributed by atoms with Crippen molar-refractivity contribution in [2.75, 3.05) is 20.8 Å². The Hall–Kier alpha value is -2.70. The van der Waals surface area contributed by atoms with Gasteiger partial charge >= 0.3 is 6.18 Å². The number of hydrogen-bond donors (Lipinski definition) is 1. The van der Waals surface area contributed by atoms with E-state index in [4.69, 9.17) is 9.47 Å². The Morgan fingerprint density at radius 1 is 1.00 bits per heavy atom. The van der Waals surface area contributed by atoms with Gasteiger partial charge in [0.1, 0.15) is 11.5 Å². The minimum Gasteiger partial charge on any atom is -0.497 e. The number of ether oxygens (including phenoxy) is 2. The van der Waals surface area contributed by atoms with Crippen LogP contribution in [-0.2, 0) is 22.8 Å². The maximum Gasteiger partial charge on any atom is 0.416 e. The molecule has 0 heterocycles. The van der Waals surface area contributed by atoms with Gasteiger partial charge in [0.15, 0.2) is 0 Å². The predicted molar refractivity (Wildman–Crippen MR) is 105 cm³/mol. The van der Waals surface area contributed by atoms with E-state index in [2.05, 4.69) is 5.32 Å². The minimum absolute atomic E-state index is 0.185. The van der Waals surface area contributed by atoms with Crippen LogP contribution in [0, 0.1) is 0 Å². The number of carbonyl (C=O) groups is 1. The third-order valence-electron chi connectivity index (χ3n) is 4.81. The fourth-order valence-corrected chi connectivity index (χ4v) is 2.95. The normalized spacial score (nSPS) is 11.8. The van der Waals surface area contributed by atoms with Crippen molar-refractivity contribution in [2.45, 2.75) is 38.3 Å². The van der Waals surface area contributed by atoms with Crippen molar-refractivity contribution < 1.29 is 27.4 Å². The van der Waals surface area contributed by atoms with Crippen LogP contribution in [0.1, 0.15) is 37.0 Å². The number of halogens is 3. The summed E-state index contributed by atoms with van der Waals surface area (Å²) in [5.74, 6) is 1.16. The molecular formula is C22H26F3NO3. The SMILES string of the molecule is COc1ccc(OC)c(CCC(=O)NCC(C)(C)c2cccc(C(F)(F)F)c2)c1. The number of alkyl halides is 3.